The molecule has 0 spiro atoms. The molecule has 1 amide bonds. The predicted molar refractivity (Wildman–Crippen MR) is 82.5 cm³/mol. The molecule has 0 bridgehead atoms. The van der Waals surface area contributed by atoms with Gasteiger partial charge in [-0.3, -0.25) is 4.79 Å². The lowest BCUT2D eigenvalue weighted by atomic mass is 10.1. The number of benzene rings is 1. The van der Waals surface area contributed by atoms with Crippen LogP contribution in [0.1, 0.15) is 17.6 Å². The number of aromatic nitrogens is 2. The van der Waals surface area contributed by atoms with E-state index >= 15 is 0 Å². The van der Waals surface area contributed by atoms with Crippen molar-refractivity contribution in [3.8, 4) is 11.4 Å². The van der Waals surface area contributed by atoms with Gasteiger partial charge in [0.05, 0.1) is 5.69 Å². The van der Waals surface area contributed by atoms with E-state index < -0.39 is 5.91 Å². The second kappa shape index (κ2) is 6.33. The summed E-state index contributed by atoms with van der Waals surface area (Å²) in [5, 5.41) is 3.64. The highest BCUT2D eigenvalue weighted by molar-refractivity contribution is 5.88. The van der Waals surface area contributed by atoms with Gasteiger partial charge in [-0.15, -0.1) is 0 Å². The van der Waals surface area contributed by atoms with E-state index in [1.54, 1.807) is 12.1 Å². The van der Waals surface area contributed by atoms with Crippen molar-refractivity contribution in [3.63, 3.8) is 0 Å². The molecule has 1 fully saturated rings. The number of anilines is 1. The zero-order valence-corrected chi connectivity index (χ0v) is 12.8. The number of amides is 1. The fraction of sp³-hybridized carbons (Fsp3) is 0.400. The molecule has 7 nitrogen and oxygen atoms in total. The van der Waals surface area contributed by atoms with Gasteiger partial charge in [0.2, 0.25) is 5.82 Å². The van der Waals surface area contributed by atoms with Gasteiger partial charge < -0.3 is 20.1 Å². The molecule has 23 heavy (non-hydrogen) atoms. The lowest BCUT2D eigenvalue weighted by Crippen LogP contribution is -2.46. The number of likely N-dealkylation sites (N-methyl/N-ethyl adjacent to an activating group) is 1. The third-order valence-corrected chi connectivity index (χ3v) is 4.00. The molecule has 1 aliphatic heterocycles. The smallest absolute Gasteiger partial charge is 0.316 e. The van der Waals surface area contributed by atoms with Crippen molar-refractivity contribution in [1.29, 1.82) is 0 Å². The van der Waals surface area contributed by atoms with Crippen LogP contribution in [-0.2, 0) is 0 Å². The number of hydrogen-bond donors (Lipinski definition) is 1. The molecule has 1 saturated heterocycles. The number of hydrogen-bond acceptors (Lipinski definition) is 6. The topological polar surface area (TPSA) is 88.5 Å². The molecule has 122 valence electrons. The first-order chi connectivity index (χ1) is 11.1. The van der Waals surface area contributed by atoms with Gasteiger partial charge in [-0.05, 0) is 24.7 Å². The summed E-state index contributed by atoms with van der Waals surface area (Å²) >= 11 is 0. The molecule has 2 aromatic rings. The highest BCUT2D eigenvalue weighted by atomic mass is 19.1. The van der Waals surface area contributed by atoms with Crippen LogP contribution >= 0.6 is 0 Å². The average Bonchev–Trinajstić information content (AvgIpc) is 3.05. The Labute approximate surface area is 132 Å². The van der Waals surface area contributed by atoms with Crippen molar-refractivity contribution >= 4 is 11.6 Å². The van der Waals surface area contributed by atoms with E-state index in [9.17, 15) is 9.18 Å². The summed E-state index contributed by atoms with van der Waals surface area (Å²) in [6.45, 7) is 6.55. The first-order valence-electron chi connectivity index (χ1n) is 7.49. The van der Waals surface area contributed by atoms with Gasteiger partial charge in [-0.2, -0.15) is 4.98 Å². The summed E-state index contributed by atoms with van der Waals surface area (Å²) in [4.78, 5) is 19.2. The molecule has 1 aliphatic rings. The van der Waals surface area contributed by atoms with Crippen LogP contribution in [-0.4, -0.2) is 53.7 Å². The molecule has 1 aromatic heterocycles. The van der Waals surface area contributed by atoms with Gasteiger partial charge in [0.1, 0.15) is 5.82 Å². The standard InChI is InChI=1S/C15H18FN5O2/c1-2-20-5-7-21(8-6-20)12-4-3-10(9-11(12)16)14-18-15(13(17)22)23-19-14/h3-4,9H,2,5-8H2,1H3,(H2,17,22). The van der Waals surface area contributed by atoms with Crippen LogP contribution in [0.25, 0.3) is 11.4 Å². The maximum Gasteiger partial charge on any atom is 0.316 e. The van der Waals surface area contributed by atoms with Crippen molar-refractivity contribution in [1.82, 2.24) is 15.0 Å². The Balaban J connectivity index is 1.79. The highest BCUT2D eigenvalue weighted by Crippen LogP contribution is 2.26. The first-order valence-corrected chi connectivity index (χ1v) is 7.49. The van der Waals surface area contributed by atoms with E-state index in [0.29, 0.717) is 11.3 Å². The van der Waals surface area contributed by atoms with Crippen LogP contribution in [0.3, 0.4) is 0 Å². The number of nitrogens with zero attached hydrogens (tertiary/aromatic N) is 4. The molecule has 0 atom stereocenters. The zero-order valence-electron chi connectivity index (χ0n) is 12.8. The Morgan fingerprint density at radius 3 is 2.65 bits per heavy atom. The Hall–Kier alpha value is -2.48. The highest BCUT2D eigenvalue weighted by Gasteiger charge is 2.20. The van der Waals surface area contributed by atoms with Crippen LogP contribution < -0.4 is 10.6 Å². The van der Waals surface area contributed by atoms with Crippen LogP contribution in [0, 0.1) is 5.82 Å². The van der Waals surface area contributed by atoms with Crippen LogP contribution in [0.4, 0.5) is 10.1 Å². The summed E-state index contributed by atoms with van der Waals surface area (Å²) in [6.07, 6.45) is 0. The van der Waals surface area contributed by atoms with E-state index in [1.807, 2.05) is 4.90 Å². The third-order valence-electron chi connectivity index (χ3n) is 4.00. The van der Waals surface area contributed by atoms with Crippen molar-refractivity contribution in [3.05, 3.63) is 29.9 Å². The lowest BCUT2D eigenvalue weighted by molar-refractivity contribution is 0.0958. The summed E-state index contributed by atoms with van der Waals surface area (Å²) in [5.74, 6) is -1.31. The minimum absolute atomic E-state index is 0.139. The molecular formula is C15H18FN5O2. The Kier molecular flexibility index (Phi) is 4.24. The molecule has 2 heterocycles. The van der Waals surface area contributed by atoms with E-state index in [-0.39, 0.29) is 17.5 Å². The van der Waals surface area contributed by atoms with Crippen molar-refractivity contribution < 1.29 is 13.7 Å². The average molecular weight is 319 g/mol. The summed E-state index contributed by atoms with van der Waals surface area (Å²) < 4.78 is 19.1. The Bertz CT molecular complexity index is 710. The largest absolute Gasteiger partial charge is 0.367 e. The molecule has 0 unspecified atom stereocenters. The molecule has 8 heteroatoms. The normalized spacial score (nSPS) is 15.8. The fourth-order valence-corrected chi connectivity index (χ4v) is 2.65. The number of primary amides is 1. The second-order valence-electron chi connectivity index (χ2n) is 5.37. The van der Waals surface area contributed by atoms with Crippen LogP contribution in [0.5, 0.6) is 0 Å². The lowest BCUT2D eigenvalue weighted by Gasteiger charge is -2.35. The third kappa shape index (κ3) is 3.16. The molecule has 0 saturated carbocycles. The number of halogens is 1. The van der Waals surface area contributed by atoms with Gasteiger partial charge in [-0.25, -0.2) is 4.39 Å². The second-order valence-corrected chi connectivity index (χ2v) is 5.37. The van der Waals surface area contributed by atoms with Crippen molar-refractivity contribution in [2.75, 3.05) is 37.6 Å². The van der Waals surface area contributed by atoms with Gasteiger partial charge in [-0.1, -0.05) is 12.1 Å². The molecule has 0 radical (unpaired) electrons. The summed E-state index contributed by atoms with van der Waals surface area (Å²) in [7, 11) is 0. The van der Waals surface area contributed by atoms with Crippen molar-refractivity contribution in [2.24, 2.45) is 5.73 Å². The molecule has 1 aromatic carbocycles. The van der Waals surface area contributed by atoms with E-state index in [4.69, 9.17) is 10.3 Å². The maximum absolute atomic E-state index is 14.4. The van der Waals surface area contributed by atoms with Gasteiger partial charge in [0.25, 0.3) is 0 Å². The Morgan fingerprint density at radius 2 is 2.09 bits per heavy atom. The van der Waals surface area contributed by atoms with Crippen LogP contribution in [0.15, 0.2) is 22.7 Å². The SMILES string of the molecule is CCN1CCN(c2ccc(-c3noc(C(N)=O)n3)cc2F)CC1. The first kappa shape index (κ1) is 15.4. The zero-order chi connectivity index (χ0) is 16.4. The number of rotatable bonds is 4. The molecule has 3 rings (SSSR count). The minimum Gasteiger partial charge on any atom is -0.367 e. The maximum atomic E-state index is 14.4. The van der Waals surface area contributed by atoms with Gasteiger partial charge in [0, 0.05) is 31.7 Å². The number of piperazine rings is 1. The van der Waals surface area contributed by atoms with E-state index in [2.05, 4.69) is 22.0 Å². The summed E-state index contributed by atoms with van der Waals surface area (Å²) in [5.41, 5.74) is 6.06. The molecule has 2 N–H and O–H groups in total. The number of carbonyl (C=O) groups is 1. The van der Waals surface area contributed by atoms with Gasteiger partial charge in [0.15, 0.2) is 0 Å². The van der Waals surface area contributed by atoms with E-state index in [0.717, 1.165) is 32.7 Å². The monoisotopic (exact) mass is 319 g/mol. The number of carbonyl (C=O) groups excluding carboxylic acids is 1. The summed E-state index contributed by atoms with van der Waals surface area (Å²) in [6, 6.07) is 4.75. The minimum atomic E-state index is -0.811. The van der Waals surface area contributed by atoms with Crippen LogP contribution in [0.2, 0.25) is 0 Å². The van der Waals surface area contributed by atoms with Crippen molar-refractivity contribution in [2.45, 2.75) is 6.92 Å². The number of nitrogens with two attached hydrogens (primary N) is 1. The van der Waals surface area contributed by atoms with Gasteiger partial charge >= 0.3 is 11.8 Å². The predicted octanol–water partition coefficient (Wildman–Crippen LogP) is 1.12. The van der Waals surface area contributed by atoms with E-state index in [1.165, 1.54) is 6.07 Å². The Morgan fingerprint density at radius 1 is 1.35 bits per heavy atom. The quantitative estimate of drug-likeness (QED) is 0.908. The molecule has 0 aliphatic carbocycles. The fourth-order valence-electron chi connectivity index (χ4n) is 2.65. The molecular weight excluding hydrogens is 301 g/mol.